The van der Waals surface area contributed by atoms with E-state index in [2.05, 4.69) is 0 Å². The first kappa shape index (κ1) is 14.7. The Morgan fingerprint density at radius 1 is 1.82 bits per heavy atom. The maximum Gasteiger partial charge on any atom is 1.00 e. The quantitative estimate of drug-likeness (QED) is 0.365. The number of aliphatic carboxylic acids is 1. The third-order valence-corrected chi connectivity index (χ3v) is 1.64. The molecule has 0 amide bonds. The summed E-state index contributed by atoms with van der Waals surface area (Å²) in [6.45, 7) is 1.48. The molecule has 0 aromatic carbocycles. The van der Waals surface area contributed by atoms with Gasteiger partial charge in [-0.25, -0.2) is 0 Å². The van der Waals surface area contributed by atoms with Crippen molar-refractivity contribution in [2.75, 3.05) is 6.66 Å². The minimum Gasteiger partial charge on any atom is -0.631 e. The number of rotatable bonds is 3. The number of carbonyl (C=O) groups is 1. The number of carbonyl (C=O) groups excluding carboxylic acids is 1. The zero-order chi connectivity index (χ0) is 8.15. The largest absolute Gasteiger partial charge is 1.00 e. The first-order valence-electron chi connectivity index (χ1n) is 2.73. The summed E-state index contributed by atoms with van der Waals surface area (Å²) in [4.78, 5) is 20.4. The predicted octanol–water partition coefficient (Wildman–Crippen LogP) is -5.35. The summed E-state index contributed by atoms with van der Waals surface area (Å²) < 4.78 is 0. The van der Waals surface area contributed by atoms with Crippen molar-refractivity contribution < 1.29 is 66.2 Å². The van der Waals surface area contributed by atoms with Gasteiger partial charge in [0.05, 0.1) is 24.5 Å². The number of carboxylic acids is 1. The first-order chi connectivity index (χ1) is 4.54. The fraction of sp³-hybridized carbons (Fsp3) is 0.600. The monoisotopic (exact) mass is 201 g/mol. The summed E-state index contributed by atoms with van der Waals surface area (Å²) in [6.07, 6.45) is 0.105. The molecular formula is C5H9KNO3P. The molecule has 0 saturated carbocycles. The molecule has 0 aliphatic carbocycles. The second-order valence-electron chi connectivity index (χ2n) is 1.89. The van der Waals surface area contributed by atoms with E-state index in [0.29, 0.717) is 0 Å². The van der Waals surface area contributed by atoms with Crippen molar-refractivity contribution in [3.63, 3.8) is 0 Å². The predicted molar refractivity (Wildman–Crippen MR) is 36.5 cm³/mol. The Hall–Kier alpha value is 1.20. The average molecular weight is 201 g/mol. The summed E-state index contributed by atoms with van der Waals surface area (Å²) in [5, 5.41) is 9.96. The van der Waals surface area contributed by atoms with Crippen LogP contribution in [0.15, 0.2) is 0 Å². The Labute approximate surface area is 109 Å². The van der Waals surface area contributed by atoms with Crippen molar-refractivity contribution in [2.24, 2.45) is 5.73 Å². The fourth-order valence-corrected chi connectivity index (χ4v) is 0.882. The van der Waals surface area contributed by atoms with E-state index in [1.165, 1.54) is 12.5 Å². The molecule has 0 fully saturated rings. The molecule has 58 valence electrons. The zero-order valence-electron chi connectivity index (χ0n) is 6.61. The smallest absolute Gasteiger partial charge is 0.631 e. The molecule has 0 saturated heterocycles. The third kappa shape index (κ3) is 9.11. The van der Waals surface area contributed by atoms with Crippen molar-refractivity contribution in [2.45, 2.75) is 12.5 Å². The van der Waals surface area contributed by atoms with Gasteiger partial charge in [-0.1, -0.05) is 0 Å². The molecule has 6 heteroatoms. The summed E-state index contributed by atoms with van der Waals surface area (Å²) in [6, 6.07) is -1.03. The summed E-state index contributed by atoms with van der Waals surface area (Å²) in [5.41, 5.74) is 5.04. The summed E-state index contributed by atoms with van der Waals surface area (Å²) in [5.74, 6) is 0.0589. The van der Waals surface area contributed by atoms with Crippen molar-refractivity contribution in [1.29, 1.82) is 0 Å². The van der Waals surface area contributed by atoms with Crippen LogP contribution in [0.5, 0.6) is 0 Å². The molecule has 0 aliphatic heterocycles. The average Bonchev–Trinajstić information content (AvgIpc) is 1.82. The van der Waals surface area contributed by atoms with Gasteiger partial charge >= 0.3 is 51.4 Å². The maximum absolute atomic E-state index is 10.4. The molecule has 4 nitrogen and oxygen atoms in total. The molecule has 11 heavy (non-hydrogen) atoms. The van der Waals surface area contributed by atoms with Gasteiger partial charge in [0.25, 0.3) is 0 Å². The van der Waals surface area contributed by atoms with Gasteiger partial charge in [-0.15, -0.1) is 0 Å². The van der Waals surface area contributed by atoms with E-state index >= 15 is 0 Å². The van der Waals surface area contributed by atoms with Crippen LogP contribution in [-0.4, -0.2) is 24.5 Å². The van der Waals surface area contributed by atoms with Crippen molar-refractivity contribution >= 4 is 19.5 Å². The molecule has 1 unspecified atom stereocenters. The number of carboxylic acid groups (broad SMARTS) is 1. The molecule has 0 radical (unpaired) electrons. The standard InChI is InChI=1S/C5H10NO3P.K/c1-10(9)3-2-4(6)5(7)8;/h3-4H,2,6H2,1H3,(H,7,8);/q;+1/p-1/t4-;/m0./s1. The molecule has 2 N–H and O–H groups in total. The van der Waals surface area contributed by atoms with Crippen LogP contribution in [0, 0.1) is 0 Å². The van der Waals surface area contributed by atoms with Gasteiger partial charge in [-0.3, -0.25) is 0 Å². The van der Waals surface area contributed by atoms with Crippen LogP contribution in [0.1, 0.15) is 6.42 Å². The van der Waals surface area contributed by atoms with Gasteiger partial charge in [0, 0.05) is 14.2 Å². The molecule has 0 spiro atoms. The Kier molecular flexibility index (Phi) is 10.5. The molecule has 0 rings (SSSR count). The topological polar surface area (TPSA) is 89.2 Å². The van der Waals surface area contributed by atoms with Crippen molar-refractivity contribution in [3.05, 3.63) is 0 Å². The van der Waals surface area contributed by atoms with E-state index < -0.39 is 19.8 Å². The van der Waals surface area contributed by atoms with E-state index in [9.17, 15) is 14.8 Å². The Morgan fingerprint density at radius 3 is 2.55 bits per heavy atom. The summed E-state index contributed by atoms with van der Waals surface area (Å²) >= 11 is 0. The molecular weight excluding hydrogens is 192 g/mol. The molecule has 0 aromatic rings. The fourth-order valence-electron chi connectivity index (χ4n) is 0.358. The van der Waals surface area contributed by atoms with E-state index in [1.54, 1.807) is 0 Å². The summed E-state index contributed by atoms with van der Waals surface area (Å²) in [7, 11) is -1.40. The van der Waals surface area contributed by atoms with Crippen LogP contribution < -0.4 is 67.1 Å². The molecule has 0 bridgehead atoms. The van der Waals surface area contributed by atoms with E-state index in [4.69, 9.17) is 5.73 Å². The molecule has 0 aromatic heterocycles. The van der Waals surface area contributed by atoms with Crippen LogP contribution in [0.3, 0.4) is 0 Å². The van der Waals surface area contributed by atoms with Gasteiger partial charge in [0.15, 0.2) is 0 Å². The van der Waals surface area contributed by atoms with E-state index in [1.807, 2.05) is 0 Å². The first-order valence-corrected chi connectivity index (χ1v) is 4.51. The van der Waals surface area contributed by atoms with E-state index in [-0.39, 0.29) is 57.8 Å². The van der Waals surface area contributed by atoms with Gasteiger partial charge in [0.1, 0.15) is 0 Å². The second-order valence-corrected chi connectivity index (χ2v) is 3.35. The minimum absolute atomic E-state index is 0. The van der Waals surface area contributed by atoms with Gasteiger partial charge in [0.2, 0.25) is 0 Å². The Morgan fingerprint density at radius 2 is 2.27 bits per heavy atom. The van der Waals surface area contributed by atoms with E-state index in [0.717, 1.165) is 0 Å². The SMILES string of the molecule is C[P+]([O-])=CC[C@H](N)C(=O)[O-].[K+]. The normalized spacial score (nSPS) is 13.5. The van der Waals surface area contributed by atoms with Crippen molar-refractivity contribution in [1.82, 2.24) is 0 Å². The molecule has 0 aliphatic rings. The Bertz CT molecular complexity index is 158. The minimum atomic E-state index is -1.40. The van der Waals surface area contributed by atoms with Crippen LogP contribution in [0.4, 0.5) is 0 Å². The molecule has 2 atom stereocenters. The Balaban J connectivity index is 0. The van der Waals surface area contributed by atoms with Crippen LogP contribution >= 0.6 is 7.77 Å². The molecule has 0 heterocycles. The number of nitrogens with two attached hydrogens (primary N) is 1. The zero-order valence-corrected chi connectivity index (χ0v) is 10.6. The number of hydrogen-bond donors (Lipinski definition) is 1. The number of hydrogen-bond acceptors (Lipinski definition) is 4. The van der Waals surface area contributed by atoms with Gasteiger partial charge in [-0.2, -0.15) is 0 Å². The second kappa shape index (κ2) is 7.83. The van der Waals surface area contributed by atoms with Crippen LogP contribution in [-0.2, 0) is 4.79 Å². The maximum atomic E-state index is 10.4. The third-order valence-electron chi connectivity index (χ3n) is 0.919. The van der Waals surface area contributed by atoms with Gasteiger partial charge < -0.3 is 20.5 Å². The van der Waals surface area contributed by atoms with Crippen LogP contribution in [0.25, 0.3) is 0 Å². The van der Waals surface area contributed by atoms with Gasteiger partial charge in [-0.05, 0) is 0 Å². The van der Waals surface area contributed by atoms with Crippen molar-refractivity contribution in [3.8, 4) is 0 Å². The van der Waals surface area contributed by atoms with Crippen LogP contribution in [0.2, 0.25) is 0 Å².